The van der Waals surface area contributed by atoms with Crippen molar-refractivity contribution >= 4 is 24.4 Å². The highest BCUT2D eigenvalue weighted by molar-refractivity contribution is 6.99. The van der Waals surface area contributed by atoms with Gasteiger partial charge in [0.05, 0.1) is 19.4 Å². The van der Waals surface area contributed by atoms with E-state index in [-0.39, 0.29) is 17.2 Å². The summed E-state index contributed by atoms with van der Waals surface area (Å²) < 4.78 is 14.0. The monoisotopic (exact) mass is 484 g/mol. The molecular weight excluding hydrogens is 452 g/mol. The van der Waals surface area contributed by atoms with Crippen LogP contribution in [0.25, 0.3) is 5.69 Å². The summed E-state index contributed by atoms with van der Waals surface area (Å²) in [6.45, 7) is 6.87. The lowest BCUT2D eigenvalue weighted by atomic mass is 10.2. The van der Waals surface area contributed by atoms with E-state index in [1.807, 2.05) is 24.3 Å². The topological polar surface area (TPSA) is 66.5 Å². The Labute approximate surface area is 207 Å². The van der Waals surface area contributed by atoms with Gasteiger partial charge in [-0.05, 0) is 39.7 Å². The number of hydrogen-bond acceptors (Lipinski definition) is 4. The van der Waals surface area contributed by atoms with Crippen LogP contribution in [0.3, 0.4) is 0 Å². The molecule has 1 aromatic heterocycles. The summed E-state index contributed by atoms with van der Waals surface area (Å²) in [5.41, 5.74) is 7.56. The second-order valence-corrected chi connectivity index (χ2v) is 13.9. The van der Waals surface area contributed by atoms with Crippen molar-refractivity contribution in [2.45, 2.75) is 32.4 Å². The van der Waals surface area contributed by atoms with Gasteiger partial charge in [0, 0.05) is 23.5 Å². The van der Waals surface area contributed by atoms with Gasteiger partial charge >= 0.3 is 0 Å². The van der Waals surface area contributed by atoms with Crippen LogP contribution in [0.4, 0.5) is 5.69 Å². The lowest BCUT2D eigenvalue weighted by Gasteiger charge is -2.43. The van der Waals surface area contributed by atoms with Crippen molar-refractivity contribution in [1.29, 1.82) is 0 Å². The van der Waals surface area contributed by atoms with Crippen molar-refractivity contribution in [2.24, 2.45) is 0 Å². The first-order valence-corrected chi connectivity index (χ1v) is 13.6. The molecule has 0 unspecified atom stereocenters. The molecule has 0 atom stereocenters. The van der Waals surface area contributed by atoms with E-state index in [0.717, 1.165) is 0 Å². The molecule has 0 saturated heterocycles. The highest BCUT2D eigenvalue weighted by atomic mass is 28.4. The number of benzene rings is 3. The largest absolute Gasteiger partial charge is 0.494 e. The fourth-order valence-corrected chi connectivity index (χ4v) is 9.21. The highest BCUT2D eigenvalue weighted by Gasteiger charge is 2.50. The van der Waals surface area contributed by atoms with Crippen LogP contribution >= 0.6 is 0 Å². The SMILES string of the molecule is COc1cc(N)ccc1-n1cccc(CO[Si](c2ccccc2)(c2ccccc2)C(C)(C)C)c1=O. The fraction of sp³-hybridized carbons (Fsp3) is 0.207. The molecule has 0 aliphatic carbocycles. The number of aromatic nitrogens is 1. The third-order valence-corrected chi connectivity index (χ3v) is 11.3. The van der Waals surface area contributed by atoms with Crippen molar-refractivity contribution in [3.63, 3.8) is 0 Å². The van der Waals surface area contributed by atoms with E-state index in [1.54, 1.807) is 36.1 Å². The molecule has 0 aliphatic rings. The second-order valence-electron chi connectivity index (χ2n) is 9.59. The summed E-state index contributed by atoms with van der Waals surface area (Å²) in [7, 11) is -1.20. The number of anilines is 1. The van der Waals surface area contributed by atoms with E-state index in [4.69, 9.17) is 14.9 Å². The molecule has 0 amide bonds. The molecule has 0 saturated carbocycles. The van der Waals surface area contributed by atoms with Crippen molar-refractivity contribution in [1.82, 2.24) is 4.57 Å². The number of methoxy groups -OCH3 is 1. The Morgan fingerprint density at radius 3 is 2.00 bits per heavy atom. The van der Waals surface area contributed by atoms with Gasteiger partial charge in [-0.2, -0.15) is 0 Å². The summed E-state index contributed by atoms with van der Waals surface area (Å²) in [4.78, 5) is 13.6. The van der Waals surface area contributed by atoms with Crippen molar-refractivity contribution in [3.05, 3.63) is 113 Å². The van der Waals surface area contributed by atoms with E-state index in [9.17, 15) is 4.79 Å². The molecule has 5 nitrogen and oxygen atoms in total. The molecule has 0 fully saturated rings. The van der Waals surface area contributed by atoms with Gasteiger partial charge in [0.1, 0.15) is 5.75 Å². The van der Waals surface area contributed by atoms with Crippen LogP contribution < -0.4 is 26.4 Å². The smallest absolute Gasteiger partial charge is 0.261 e. The molecule has 0 aliphatic heterocycles. The quantitative estimate of drug-likeness (QED) is 0.310. The number of hydrogen-bond donors (Lipinski definition) is 1. The molecule has 0 bridgehead atoms. The molecule has 0 spiro atoms. The molecule has 35 heavy (non-hydrogen) atoms. The van der Waals surface area contributed by atoms with Crippen LogP contribution in [-0.4, -0.2) is 20.0 Å². The predicted octanol–water partition coefficient (Wildman–Crippen LogP) is 4.50. The van der Waals surface area contributed by atoms with Crippen LogP contribution in [0.15, 0.2) is 102 Å². The van der Waals surface area contributed by atoms with Crippen molar-refractivity contribution in [3.8, 4) is 11.4 Å². The Kier molecular flexibility index (Phi) is 6.96. The Balaban J connectivity index is 1.80. The Morgan fingerprint density at radius 2 is 1.46 bits per heavy atom. The summed E-state index contributed by atoms with van der Waals surface area (Å²) in [6, 6.07) is 29.8. The zero-order valence-electron chi connectivity index (χ0n) is 20.7. The highest BCUT2D eigenvalue weighted by Crippen LogP contribution is 2.37. The molecule has 4 rings (SSSR count). The van der Waals surface area contributed by atoms with Crippen molar-refractivity contribution < 1.29 is 9.16 Å². The first kappa shape index (κ1) is 24.5. The van der Waals surface area contributed by atoms with Gasteiger partial charge in [0.2, 0.25) is 0 Å². The molecule has 1 heterocycles. The van der Waals surface area contributed by atoms with Gasteiger partial charge in [0.25, 0.3) is 13.9 Å². The van der Waals surface area contributed by atoms with Crippen LogP contribution in [-0.2, 0) is 11.0 Å². The van der Waals surface area contributed by atoms with Gasteiger partial charge in [-0.3, -0.25) is 9.36 Å². The van der Waals surface area contributed by atoms with Crippen LogP contribution in [0.1, 0.15) is 26.3 Å². The molecular formula is C29H32N2O3Si. The van der Waals surface area contributed by atoms with Crippen LogP contribution in [0.2, 0.25) is 5.04 Å². The summed E-state index contributed by atoms with van der Waals surface area (Å²) in [5, 5.41) is 2.18. The minimum absolute atomic E-state index is 0.145. The molecule has 4 aromatic rings. The van der Waals surface area contributed by atoms with Crippen molar-refractivity contribution in [2.75, 3.05) is 12.8 Å². The number of nitrogens with two attached hydrogens (primary N) is 1. The zero-order chi connectivity index (χ0) is 25.1. The maximum Gasteiger partial charge on any atom is 0.261 e. The molecule has 3 aromatic carbocycles. The molecule has 0 radical (unpaired) electrons. The number of rotatable bonds is 7. The van der Waals surface area contributed by atoms with E-state index in [0.29, 0.717) is 22.7 Å². The number of pyridine rings is 1. The molecule has 180 valence electrons. The average Bonchev–Trinajstić information content (AvgIpc) is 2.86. The minimum Gasteiger partial charge on any atom is -0.494 e. The van der Waals surface area contributed by atoms with E-state index < -0.39 is 8.32 Å². The second kappa shape index (κ2) is 9.94. The number of ether oxygens (including phenoxy) is 1. The summed E-state index contributed by atoms with van der Waals surface area (Å²) in [5.74, 6) is 0.539. The van der Waals surface area contributed by atoms with E-state index >= 15 is 0 Å². The van der Waals surface area contributed by atoms with Crippen LogP contribution in [0, 0.1) is 0 Å². The fourth-order valence-electron chi connectivity index (χ4n) is 4.68. The number of nitrogen functional groups attached to an aromatic ring is 1. The lowest BCUT2D eigenvalue weighted by Crippen LogP contribution is -2.66. The first-order valence-electron chi connectivity index (χ1n) is 11.7. The molecule has 6 heteroatoms. The zero-order valence-corrected chi connectivity index (χ0v) is 21.7. The number of nitrogens with zero attached hydrogens (tertiary/aromatic N) is 1. The average molecular weight is 485 g/mol. The van der Waals surface area contributed by atoms with Gasteiger partial charge in [-0.15, -0.1) is 0 Å². The van der Waals surface area contributed by atoms with Gasteiger partial charge in [-0.25, -0.2) is 0 Å². The third-order valence-electron chi connectivity index (χ3n) is 6.35. The van der Waals surface area contributed by atoms with Gasteiger partial charge < -0.3 is 14.9 Å². The molecule has 2 N–H and O–H groups in total. The predicted molar refractivity (Wildman–Crippen MR) is 145 cm³/mol. The minimum atomic E-state index is -2.77. The van der Waals surface area contributed by atoms with E-state index in [2.05, 4.69) is 69.3 Å². The third kappa shape index (κ3) is 4.67. The Bertz CT molecular complexity index is 1310. The van der Waals surface area contributed by atoms with Gasteiger partial charge in [-0.1, -0.05) is 81.4 Å². The standard InChI is InChI=1S/C29H32N2O3Si/c1-29(2,3)35(24-13-7-5-8-14-24,25-15-9-6-10-16-25)34-21-22-12-11-19-31(28(22)32)26-18-17-23(30)20-27(26)33-4/h5-20H,21,30H2,1-4H3. The maximum absolute atomic E-state index is 13.6. The maximum atomic E-state index is 13.6. The van der Waals surface area contributed by atoms with Crippen LogP contribution in [0.5, 0.6) is 5.75 Å². The summed E-state index contributed by atoms with van der Waals surface area (Å²) in [6.07, 6.45) is 1.74. The Morgan fingerprint density at radius 1 is 0.857 bits per heavy atom. The lowest BCUT2D eigenvalue weighted by molar-refractivity contribution is 0.284. The van der Waals surface area contributed by atoms with Gasteiger partial charge in [0.15, 0.2) is 0 Å². The van der Waals surface area contributed by atoms with E-state index in [1.165, 1.54) is 10.4 Å². The normalized spacial score (nSPS) is 11.9. The summed E-state index contributed by atoms with van der Waals surface area (Å²) >= 11 is 0. The first-order chi connectivity index (χ1) is 16.8. The Hall–Kier alpha value is -3.61.